The van der Waals surface area contributed by atoms with E-state index in [-0.39, 0.29) is 17.8 Å². The van der Waals surface area contributed by atoms with Crippen LogP contribution in [0.3, 0.4) is 0 Å². The van der Waals surface area contributed by atoms with Crippen LogP contribution in [0.4, 0.5) is 4.39 Å². The van der Waals surface area contributed by atoms with Crippen LogP contribution in [-0.2, 0) is 6.54 Å². The zero-order chi connectivity index (χ0) is 21.6. The molecule has 8 nitrogen and oxygen atoms in total. The van der Waals surface area contributed by atoms with Gasteiger partial charge in [0.25, 0.3) is 5.91 Å². The van der Waals surface area contributed by atoms with Crippen molar-refractivity contribution in [3.8, 4) is 0 Å². The first-order chi connectivity index (χ1) is 15.2. The number of carbonyl (C=O) groups excluding carboxylic acids is 1. The molecule has 1 amide bonds. The van der Waals surface area contributed by atoms with Crippen LogP contribution < -0.4 is 4.90 Å². The number of carbonyl (C=O) groups is 1. The van der Waals surface area contributed by atoms with E-state index in [0.717, 1.165) is 43.7 Å². The molecule has 1 saturated heterocycles. The molecule has 1 aliphatic heterocycles. The number of piperazine rings is 1. The number of furan rings is 1. The number of rotatable bonds is 8. The maximum absolute atomic E-state index is 13.2. The number of amides is 1. The van der Waals surface area contributed by atoms with Crippen molar-refractivity contribution in [2.24, 2.45) is 0 Å². The largest absolute Gasteiger partial charge is 0.459 e. The molecule has 9 heteroatoms. The molecule has 0 saturated carbocycles. The molecular weight excluding hydrogens is 399 g/mol. The second kappa shape index (κ2) is 9.82. The number of halogens is 1. The maximum atomic E-state index is 13.2. The van der Waals surface area contributed by atoms with Crippen molar-refractivity contribution in [2.75, 3.05) is 26.2 Å². The van der Waals surface area contributed by atoms with Crippen LogP contribution in [-0.4, -0.2) is 57.2 Å². The third-order valence-corrected chi connectivity index (χ3v) is 5.88. The van der Waals surface area contributed by atoms with Gasteiger partial charge in [0.05, 0.1) is 39.0 Å². The predicted molar refractivity (Wildman–Crippen MR) is 111 cm³/mol. The van der Waals surface area contributed by atoms with Crippen molar-refractivity contribution in [1.82, 2.24) is 25.1 Å². The van der Waals surface area contributed by atoms with Crippen molar-refractivity contribution < 1.29 is 18.5 Å². The summed E-state index contributed by atoms with van der Waals surface area (Å²) in [5.74, 6) is 0.913. The van der Waals surface area contributed by atoms with Gasteiger partial charge in [-0.2, -0.15) is 0 Å². The molecule has 0 radical (unpaired) electrons. The fraction of sp³-hybridized carbons (Fsp3) is 0.455. The number of tetrazole rings is 1. The SMILES string of the molecule is CCCC[C@@H](c1nnnn1Cc1ccc(F)cc1)[NH+]1CCN(C(=O)c2ccco2)CC1. The molecular formula is C22H28FN6O2+. The van der Waals surface area contributed by atoms with Crippen LogP contribution in [0, 0.1) is 5.82 Å². The highest BCUT2D eigenvalue weighted by Gasteiger charge is 2.34. The minimum atomic E-state index is -0.257. The molecule has 164 valence electrons. The summed E-state index contributed by atoms with van der Waals surface area (Å²) < 4.78 is 20.3. The highest BCUT2D eigenvalue weighted by molar-refractivity contribution is 5.91. The topological polar surface area (TPSA) is 81.5 Å². The molecule has 0 bridgehead atoms. The van der Waals surface area contributed by atoms with Gasteiger partial charge in [-0.05, 0) is 46.7 Å². The van der Waals surface area contributed by atoms with Gasteiger partial charge in [0.2, 0.25) is 5.82 Å². The molecule has 1 aliphatic rings. The van der Waals surface area contributed by atoms with E-state index < -0.39 is 0 Å². The van der Waals surface area contributed by atoms with E-state index in [1.807, 2.05) is 9.58 Å². The fourth-order valence-electron chi connectivity index (χ4n) is 4.16. The Labute approximate surface area is 180 Å². The normalized spacial score (nSPS) is 15.9. The molecule has 4 rings (SSSR count). The molecule has 3 heterocycles. The Morgan fingerprint density at radius 3 is 2.68 bits per heavy atom. The lowest BCUT2D eigenvalue weighted by atomic mass is 10.1. The van der Waals surface area contributed by atoms with Gasteiger partial charge in [-0.25, -0.2) is 9.07 Å². The van der Waals surface area contributed by atoms with E-state index in [1.165, 1.54) is 23.3 Å². The highest BCUT2D eigenvalue weighted by Crippen LogP contribution is 2.16. The summed E-state index contributed by atoms with van der Waals surface area (Å²) in [6, 6.07) is 10.0. The molecule has 0 unspecified atom stereocenters. The lowest BCUT2D eigenvalue weighted by Crippen LogP contribution is -3.15. The number of nitrogens with one attached hydrogen (secondary N) is 1. The molecule has 31 heavy (non-hydrogen) atoms. The minimum Gasteiger partial charge on any atom is -0.459 e. The number of quaternary nitrogens is 1. The number of aromatic nitrogens is 4. The van der Waals surface area contributed by atoms with Gasteiger partial charge in [0, 0.05) is 6.42 Å². The first-order valence-electron chi connectivity index (χ1n) is 10.8. The monoisotopic (exact) mass is 427 g/mol. The summed E-state index contributed by atoms with van der Waals surface area (Å²) in [4.78, 5) is 15.8. The van der Waals surface area contributed by atoms with Crippen LogP contribution >= 0.6 is 0 Å². The van der Waals surface area contributed by atoms with Crippen LogP contribution in [0.5, 0.6) is 0 Å². The summed E-state index contributed by atoms with van der Waals surface area (Å²) >= 11 is 0. The molecule has 1 N–H and O–H groups in total. The number of hydrogen-bond acceptors (Lipinski definition) is 5. The molecule has 1 atom stereocenters. The fourth-order valence-corrected chi connectivity index (χ4v) is 4.16. The average Bonchev–Trinajstić information content (AvgIpc) is 3.48. The zero-order valence-corrected chi connectivity index (χ0v) is 17.7. The van der Waals surface area contributed by atoms with E-state index in [2.05, 4.69) is 22.4 Å². The number of hydrogen-bond donors (Lipinski definition) is 1. The number of unbranched alkanes of at least 4 members (excludes halogenated alkanes) is 1. The Kier molecular flexibility index (Phi) is 6.71. The van der Waals surface area contributed by atoms with Gasteiger partial charge in [0.1, 0.15) is 11.9 Å². The Hall–Kier alpha value is -3.07. The van der Waals surface area contributed by atoms with Gasteiger partial charge in [-0.3, -0.25) is 4.79 Å². The van der Waals surface area contributed by atoms with E-state index in [1.54, 1.807) is 24.3 Å². The maximum Gasteiger partial charge on any atom is 0.289 e. The molecule has 0 aliphatic carbocycles. The van der Waals surface area contributed by atoms with Crippen LogP contribution in [0.15, 0.2) is 47.1 Å². The second-order valence-electron chi connectivity index (χ2n) is 7.94. The Bertz CT molecular complexity index is 964. The Morgan fingerprint density at radius 2 is 2.00 bits per heavy atom. The quantitative estimate of drug-likeness (QED) is 0.592. The summed E-state index contributed by atoms with van der Waals surface area (Å²) in [7, 11) is 0. The van der Waals surface area contributed by atoms with Gasteiger partial charge in [-0.15, -0.1) is 5.10 Å². The molecule has 3 aromatic rings. The van der Waals surface area contributed by atoms with E-state index in [4.69, 9.17) is 4.42 Å². The Morgan fingerprint density at radius 1 is 1.23 bits per heavy atom. The summed E-state index contributed by atoms with van der Waals surface area (Å²) in [6.07, 6.45) is 4.66. The van der Waals surface area contributed by atoms with Gasteiger partial charge >= 0.3 is 0 Å². The second-order valence-corrected chi connectivity index (χ2v) is 7.94. The smallest absolute Gasteiger partial charge is 0.289 e. The zero-order valence-electron chi connectivity index (χ0n) is 17.7. The highest BCUT2D eigenvalue weighted by atomic mass is 19.1. The molecule has 2 aromatic heterocycles. The lowest BCUT2D eigenvalue weighted by molar-refractivity contribution is -0.936. The molecule has 0 spiro atoms. The van der Waals surface area contributed by atoms with E-state index >= 15 is 0 Å². The van der Waals surface area contributed by atoms with Crippen molar-refractivity contribution in [1.29, 1.82) is 0 Å². The molecule has 1 fully saturated rings. The first-order valence-corrected chi connectivity index (χ1v) is 10.8. The Balaban J connectivity index is 1.46. The standard InChI is InChI=1S/C22H27FN6O2/c1-2-3-5-19(21-24-25-26-29(21)16-17-7-9-18(23)10-8-17)27-11-13-28(14-12-27)22(30)20-6-4-15-31-20/h4,6-10,15,19H,2-3,5,11-14,16H2,1H3/p+1/t19-/m0/s1. The number of nitrogens with zero attached hydrogens (tertiary/aromatic N) is 5. The van der Waals surface area contributed by atoms with Crippen molar-refractivity contribution in [3.05, 3.63) is 65.6 Å². The van der Waals surface area contributed by atoms with Crippen molar-refractivity contribution >= 4 is 5.91 Å². The van der Waals surface area contributed by atoms with Crippen molar-refractivity contribution in [3.63, 3.8) is 0 Å². The lowest BCUT2D eigenvalue weighted by Gasteiger charge is -2.35. The van der Waals surface area contributed by atoms with Gasteiger partial charge in [0.15, 0.2) is 5.76 Å². The van der Waals surface area contributed by atoms with Crippen LogP contribution in [0.25, 0.3) is 0 Å². The summed E-state index contributed by atoms with van der Waals surface area (Å²) in [5.41, 5.74) is 0.952. The van der Waals surface area contributed by atoms with E-state index in [9.17, 15) is 9.18 Å². The van der Waals surface area contributed by atoms with Crippen molar-refractivity contribution in [2.45, 2.75) is 38.8 Å². The minimum absolute atomic E-state index is 0.0599. The first kappa shape index (κ1) is 21.2. The van der Waals surface area contributed by atoms with Gasteiger partial charge < -0.3 is 14.2 Å². The number of benzene rings is 1. The summed E-state index contributed by atoms with van der Waals surface area (Å²) in [6.45, 7) is 5.65. The molecule has 1 aromatic carbocycles. The summed E-state index contributed by atoms with van der Waals surface area (Å²) in [5, 5.41) is 12.5. The average molecular weight is 428 g/mol. The van der Waals surface area contributed by atoms with E-state index in [0.29, 0.717) is 25.4 Å². The third kappa shape index (κ3) is 4.99. The van der Waals surface area contributed by atoms with Gasteiger partial charge in [-0.1, -0.05) is 25.5 Å². The van der Waals surface area contributed by atoms with Crippen LogP contribution in [0.1, 0.15) is 54.2 Å². The van der Waals surface area contributed by atoms with Crippen LogP contribution in [0.2, 0.25) is 0 Å². The third-order valence-electron chi connectivity index (χ3n) is 5.88. The predicted octanol–water partition coefficient (Wildman–Crippen LogP) is 1.73.